The zero-order chi connectivity index (χ0) is 13.3. The van der Waals surface area contributed by atoms with Crippen LogP contribution >= 0.6 is 0 Å². The number of aryl methyl sites for hydroxylation is 1. The molecule has 3 heteroatoms. The summed E-state index contributed by atoms with van der Waals surface area (Å²) in [5.74, 6) is 0.959. The van der Waals surface area contributed by atoms with Crippen molar-refractivity contribution in [2.45, 2.75) is 45.7 Å². The summed E-state index contributed by atoms with van der Waals surface area (Å²) in [5.41, 5.74) is 11.4. The molecular formula is C15H24N2O. The van der Waals surface area contributed by atoms with Crippen LogP contribution in [0.1, 0.15) is 41.1 Å². The molecule has 1 aliphatic heterocycles. The summed E-state index contributed by atoms with van der Waals surface area (Å²) in [6.45, 7) is 7.46. The number of benzene rings is 1. The highest BCUT2D eigenvalue weighted by molar-refractivity contribution is 5.49. The van der Waals surface area contributed by atoms with Gasteiger partial charge in [-0.2, -0.15) is 0 Å². The summed E-state index contributed by atoms with van der Waals surface area (Å²) < 4.78 is 5.41. The maximum atomic E-state index is 6.46. The van der Waals surface area contributed by atoms with Gasteiger partial charge in [0.1, 0.15) is 5.75 Å². The summed E-state index contributed by atoms with van der Waals surface area (Å²) in [6, 6.07) is 2.60. The summed E-state index contributed by atoms with van der Waals surface area (Å²) in [4.78, 5) is 0. The molecule has 0 saturated carbocycles. The average molecular weight is 248 g/mol. The van der Waals surface area contributed by atoms with E-state index in [0.29, 0.717) is 6.04 Å². The van der Waals surface area contributed by atoms with Gasteiger partial charge in [0.25, 0.3) is 0 Å². The van der Waals surface area contributed by atoms with Gasteiger partial charge in [-0.15, -0.1) is 0 Å². The Hall–Kier alpha value is -1.06. The van der Waals surface area contributed by atoms with E-state index >= 15 is 0 Å². The maximum absolute atomic E-state index is 6.46. The van der Waals surface area contributed by atoms with Crippen molar-refractivity contribution >= 4 is 0 Å². The molecule has 3 nitrogen and oxygen atoms in total. The van der Waals surface area contributed by atoms with Crippen molar-refractivity contribution in [3.05, 3.63) is 28.3 Å². The predicted octanol–water partition coefficient (Wildman–Crippen LogP) is 2.37. The second-order valence-corrected chi connectivity index (χ2v) is 5.29. The Kier molecular flexibility index (Phi) is 3.93. The fourth-order valence-electron chi connectivity index (χ4n) is 3.01. The summed E-state index contributed by atoms with van der Waals surface area (Å²) in [6.07, 6.45) is 2.40. The molecule has 2 unspecified atom stereocenters. The van der Waals surface area contributed by atoms with E-state index in [9.17, 15) is 0 Å². The number of ether oxygens (including phenoxy) is 1. The van der Waals surface area contributed by atoms with Crippen molar-refractivity contribution < 1.29 is 4.74 Å². The van der Waals surface area contributed by atoms with E-state index in [1.165, 1.54) is 35.1 Å². The molecule has 0 radical (unpaired) electrons. The minimum absolute atomic E-state index is 0.0807. The molecule has 3 N–H and O–H groups in total. The van der Waals surface area contributed by atoms with Crippen molar-refractivity contribution in [2.24, 2.45) is 5.73 Å². The Bertz CT molecular complexity index is 437. The lowest BCUT2D eigenvalue weighted by Gasteiger charge is -2.25. The molecule has 18 heavy (non-hydrogen) atoms. The van der Waals surface area contributed by atoms with Crippen LogP contribution in [0.4, 0.5) is 0 Å². The lowest BCUT2D eigenvalue weighted by molar-refractivity contribution is 0.410. The fraction of sp³-hybridized carbons (Fsp3) is 0.600. The number of rotatable bonds is 3. The Morgan fingerprint density at radius 2 is 2.06 bits per heavy atom. The molecule has 0 aromatic heterocycles. The van der Waals surface area contributed by atoms with Crippen molar-refractivity contribution in [1.82, 2.24) is 5.32 Å². The van der Waals surface area contributed by atoms with Crippen molar-refractivity contribution in [3.63, 3.8) is 0 Å². The van der Waals surface area contributed by atoms with Crippen LogP contribution in [0.3, 0.4) is 0 Å². The van der Waals surface area contributed by atoms with Gasteiger partial charge in [0.2, 0.25) is 0 Å². The second-order valence-electron chi connectivity index (χ2n) is 5.29. The van der Waals surface area contributed by atoms with E-state index in [2.05, 4.69) is 32.2 Å². The van der Waals surface area contributed by atoms with Gasteiger partial charge >= 0.3 is 0 Å². The zero-order valence-electron chi connectivity index (χ0n) is 11.8. The van der Waals surface area contributed by atoms with Crippen LogP contribution in [0, 0.1) is 20.8 Å². The number of methoxy groups -OCH3 is 1. The monoisotopic (exact) mass is 248 g/mol. The smallest absolute Gasteiger partial charge is 0.122 e. The Labute approximate surface area is 110 Å². The van der Waals surface area contributed by atoms with Crippen LogP contribution in [-0.2, 0) is 0 Å². The third-order valence-corrected chi connectivity index (χ3v) is 4.19. The molecular weight excluding hydrogens is 224 g/mol. The first kappa shape index (κ1) is 13.4. The third kappa shape index (κ3) is 2.25. The highest BCUT2D eigenvalue weighted by atomic mass is 16.5. The third-order valence-electron chi connectivity index (χ3n) is 4.19. The predicted molar refractivity (Wildman–Crippen MR) is 75.2 cm³/mol. The van der Waals surface area contributed by atoms with Gasteiger partial charge in [-0.05, 0) is 68.5 Å². The minimum atomic E-state index is 0.0807. The Morgan fingerprint density at radius 3 is 2.61 bits per heavy atom. The van der Waals surface area contributed by atoms with E-state index in [4.69, 9.17) is 10.5 Å². The number of hydrogen-bond donors (Lipinski definition) is 2. The minimum Gasteiger partial charge on any atom is -0.496 e. The van der Waals surface area contributed by atoms with E-state index in [-0.39, 0.29) is 6.04 Å². The van der Waals surface area contributed by atoms with Crippen molar-refractivity contribution in [3.8, 4) is 5.75 Å². The molecule has 0 spiro atoms. The number of nitrogens with two attached hydrogens (primary N) is 1. The SMILES string of the molecule is COc1cc(C)c(C(N)C2CCCN2)c(C)c1C. The van der Waals surface area contributed by atoms with Gasteiger partial charge in [0.05, 0.1) is 7.11 Å². The van der Waals surface area contributed by atoms with Crippen LogP contribution in [0.5, 0.6) is 5.75 Å². The van der Waals surface area contributed by atoms with Crippen LogP contribution in [0.15, 0.2) is 6.07 Å². The molecule has 1 aromatic carbocycles. The summed E-state index contributed by atoms with van der Waals surface area (Å²) >= 11 is 0. The van der Waals surface area contributed by atoms with E-state index in [1.807, 2.05) is 0 Å². The summed E-state index contributed by atoms with van der Waals surface area (Å²) in [5, 5.41) is 3.50. The molecule has 1 heterocycles. The Balaban J connectivity index is 2.40. The maximum Gasteiger partial charge on any atom is 0.122 e. The van der Waals surface area contributed by atoms with Gasteiger partial charge in [-0.25, -0.2) is 0 Å². The number of hydrogen-bond acceptors (Lipinski definition) is 3. The molecule has 2 atom stereocenters. The zero-order valence-corrected chi connectivity index (χ0v) is 11.8. The van der Waals surface area contributed by atoms with E-state index in [1.54, 1.807) is 7.11 Å². The lowest BCUT2D eigenvalue weighted by atomic mass is 9.88. The molecule has 1 aromatic rings. The van der Waals surface area contributed by atoms with Crippen molar-refractivity contribution in [2.75, 3.05) is 13.7 Å². The first-order valence-electron chi connectivity index (χ1n) is 6.70. The van der Waals surface area contributed by atoms with E-state index in [0.717, 1.165) is 12.3 Å². The van der Waals surface area contributed by atoms with Gasteiger partial charge in [0, 0.05) is 12.1 Å². The molecule has 1 aliphatic rings. The van der Waals surface area contributed by atoms with Crippen LogP contribution < -0.4 is 15.8 Å². The first-order chi connectivity index (χ1) is 8.56. The Morgan fingerprint density at radius 1 is 1.33 bits per heavy atom. The quantitative estimate of drug-likeness (QED) is 0.863. The molecule has 100 valence electrons. The van der Waals surface area contributed by atoms with Gasteiger partial charge in [-0.3, -0.25) is 0 Å². The average Bonchev–Trinajstić information content (AvgIpc) is 2.87. The molecule has 2 rings (SSSR count). The molecule has 0 aliphatic carbocycles. The molecule has 1 saturated heterocycles. The van der Waals surface area contributed by atoms with Crippen LogP contribution in [-0.4, -0.2) is 19.7 Å². The largest absolute Gasteiger partial charge is 0.496 e. The van der Waals surface area contributed by atoms with Crippen LogP contribution in [0.2, 0.25) is 0 Å². The number of nitrogens with one attached hydrogen (secondary N) is 1. The van der Waals surface area contributed by atoms with Gasteiger partial charge in [-0.1, -0.05) is 0 Å². The lowest BCUT2D eigenvalue weighted by Crippen LogP contribution is -2.35. The fourth-order valence-corrected chi connectivity index (χ4v) is 3.01. The van der Waals surface area contributed by atoms with Gasteiger partial charge < -0.3 is 15.8 Å². The highest BCUT2D eigenvalue weighted by Gasteiger charge is 2.26. The molecule has 1 fully saturated rings. The topological polar surface area (TPSA) is 47.3 Å². The van der Waals surface area contributed by atoms with E-state index < -0.39 is 0 Å². The van der Waals surface area contributed by atoms with Crippen LogP contribution in [0.25, 0.3) is 0 Å². The summed E-state index contributed by atoms with van der Waals surface area (Å²) in [7, 11) is 1.72. The normalized spacial score (nSPS) is 21.1. The first-order valence-corrected chi connectivity index (χ1v) is 6.70. The highest BCUT2D eigenvalue weighted by Crippen LogP contribution is 2.33. The second kappa shape index (κ2) is 5.29. The molecule has 0 bridgehead atoms. The standard InChI is InChI=1S/C15H24N2O/c1-9-8-13(18-4)10(2)11(3)14(9)15(16)12-6-5-7-17-12/h8,12,15,17H,5-7,16H2,1-4H3. The van der Waals surface area contributed by atoms with Crippen molar-refractivity contribution in [1.29, 1.82) is 0 Å². The molecule has 0 amide bonds. The van der Waals surface area contributed by atoms with Gasteiger partial charge in [0.15, 0.2) is 0 Å².